The Morgan fingerprint density at radius 2 is 1.88 bits per heavy atom. The molecule has 34 heavy (non-hydrogen) atoms. The zero-order valence-corrected chi connectivity index (χ0v) is 20.2. The average Bonchev–Trinajstić information content (AvgIpc) is 3.40. The van der Waals surface area contributed by atoms with Gasteiger partial charge in [-0.1, -0.05) is 12.1 Å². The number of anilines is 1. The standard InChI is InChI=1S/C23H20BrFN4O4S/c24-14-8-16-21(26-9-14)27-22(28-34(16,32)33)18-20(30)17-12-3-4-13(7-12)19(17)29(23(18)31)10-11-1-5-15(25)6-2-11/h1-2,5-6,8-9,12-13,17-19H,3-4,7,10H2,(H,26,27,28). The number of amidine groups is 1. The summed E-state index contributed by atoms with van der Waals surface area (Å²) in [5.41, 5.74) is 0.743. The molecule has 5 unspecified atom stereocenters. The van der Waals surface area contributed by atoms with Crippen LogP contribution in [0.25, 0.3) is 0 Å². The summed E-state index contributed by atoms with van der Waals surface area (Å²) in [6, 6.07) is 7.06. The lowest BCUT2D eigenvalue weighted by atomic mass is 9.73. The number of rotatable bonds is 3. The molecule has 0 spiro atoms. The van der Waals surface area contributed by atoms with E-state index in [0.717, 1.165) is 24.8 Å². The van der Waals surface area contributed by atoms with E-state index in [0.29, 0.717) is 4.47 Å². The number of ketones is 1. The van der Waals surface area contributed by atoms with E-state index < -0.39 is 21.8 Å². The average molecular weight is 547 g/mol. The molecule has 5 atom stereocenters. The molecule has 2 aromatic rings. The Bertz CT molecular complexity index is 1360. The number of carbonyl (C=O) groups excluding carboxylic acids is 2. The maximum atomic E-state index is 13.8. The van der Waals surface area contributed by atoms with Gasteiger partial charge in [-0.25, -0.2) is 9.37 Å². The van der Waals surface area contributed by atoms with E-state index in [2.05, 4.69) is 30.6 Å². The molecular weight excluding hydrogens is 527 g/mol. The van der Waals surface area contributed by atoms with Crippen molar-refractivity contribution >= 4 is 49.3 Å². The topological polar surface area (TPSA) is 109 Å². The summed E-state index contributed by atoms with van der Waals surface area (Å²) < 4.78 is 43.5. The van der Waals surface area contributed by atoms with Crippen molar-refractivity contribution in [2.45, 2.75) is 36.7 Å². The molecule has 2 saturated carbocycles. The first-order valence-electron chi connectivity index (χ1n) is 11.1. The predicted molar refractivity (Wildman–Crippen MR) is 124 cm³/mol. The van der Waals surface area contributed by atoms with Crippen molar-refractivity contribution in [3.63, 3.8) is 0 Å². The van der Waals surface area contributed by atoms with Crippen LogP contribution in [0.1, 0.15) is 24.8 Å². The molecule has 2 aliphatic heterocycles. The number of aromatic nitrogens is 1. The fourth-order valence-electron chi connectivity index (χ4n) is 6.12. The number of halogens is 2. The highest BCUT2D eigenvalue weighted by molar-refractivity contribution is 9.10. The maximum Gasteiger partial charge on any atom is 0.287 e. The monoisotopic (exact) mass is 546 g/mol. The fourth-order valence-corrected chi connectivity index (χ4v) is 7.73. The van der Waals surface area contributed by atoms with Gasteiger partial charge in [0, 0.05) is 29.2 Å². The fraction of sp³-hybridized carbons (Fsp3) is 0.391. The van der Waals surface area contributed by atoms with Crippen molar-refractivity contribution in [3.05, 3.63) is 52.4 Å². The number of pyridine rings is 1. The number of fused-ring (bicyclic) bond motifs is 6. The smallest absolute Gasteiger partial charge is 0.287 e. The highest BCUT2D eigenvalue weighted by Crippen LogP contribution is 2.54. The van der Waals surface area contributed by atoms with Gasteiger partial charge in [0.15, 0.2) is 17.5 Å². The van der Waals surface area contributed by atoms with Gasteiger partial charge >= 0.3 is 0 Å². The Labute approximate surface area is 203 Å². The number of Topliss-reactive ketones (excluding diaryl/α,β-unsaturated/α-hetero) is 1. The van der Waals surface area contributed by atoms with Crippen LogP contribution in [-0.4, -0.2) is 41.9 Å². The van der Waals surface area contributed by atoms with Crippen molar-refractivity contribution in [2.24, 2.45) is 28.1 Å². The summed E-state index contributed by atoms with van der Waals surface area (Å²) >= 11 is 3.20. The molecule has 11 heteroatoms. The van der Waals surface area contributed by atoms with Gasteiger partial charge in [-0.2, -0.15) is 8.42 Å². The van der Waals surface area contributed by atoms with Crippen molar-refractivity contribution in [2.75, 3.05) is 5.32 Å². The highest BCUT2D eigenvalue weighted by Gasteiger charge is 2.60. The van der Waals surface area contributed by atoms with Gasteiger partial charge < -0.3 is 10.2 Å². The molecule has 1 aromatic heterocycles. The minimum Gasteiger partial charge on any atom is -0.333 e. The Morgan fingerprint density at radius 3 is 2.65 bits per heavy atom. The van der Waals surface area contributed by atoms with Gasteiger partial charge in [-0.05, 0) is 70.8 Å². The second-order valence-electron chi connectivity index (χ2n) is 9.35. The molecule has 2 aliphatic carbocycles. The third-order valence-electron chi connectivity index (χ3n) is 7.48. The van der Waals surface area contributed by atoms with E-state index in [1.165, 1.54) is 24.4 Å². The molecule has 1 amide bonds. The summed E-state index contributed by atoms with van der Waals surface area (Å²) in [6.07, 6.45) is 4.18. The van der Waals surface area contributed by atoms with E-state index in [1.807, 2.05) is 0 Å². The molecule has 1 aromatic carbocycles. The molecule has 4 aliphatic rings. The minimum atomic E-state index is -4.16. The van der Waals surface area contributed by atoms with Crippen LogP contribution in [0.4, 0.5) is 10.2 Å². The normalized spacial score (nSPS) is 31.1. The number of carbonyl (C=O) groups is 2. The number of sulfonamides is 1. The van der Waals surface area contributed by atoms with Crippen LogP contribution < -0.4 is 5.32 Å². The third kappa shape index (κ3) is 3.31. The molecular formula is C23H20BrFN4O4S. The Balaban J connectivity index is 1.41. The number of nitrogens with zero attached hydrogens (tertiary/aromatic N) is 3. The number of amides is 1. The van der Waals surface area contributed by atoms with E-state index in [9.17, 15) is 22.4 Å². The second kappa shape index (κ2) is 7.67. The van der Waals surface area contributed by atoms with Gasteiger partial charge in [-0.15, -0.1) is 4.40 Å². The number of likely N-dealkylation sites (tertiary alicyclic amines) is 1. The summed E-state index contributed by atoms with van der Waals surface area (Å²) in [5.74, 6) is -2.63. The van der Waals surface area contributed by atoms with Crippen molar-refractivity contribution < 1.29 is 22.4 Å². The van der Waals surface area contributed by atoms with E-state index in [4.69, 9.17) is 0 Å². The van der Waals surface area contributed by atoms with Gasteiger partial charge in [0.1, 0.15) is 16.5 Å². The Kier molecular flexibility index (Phi) is 4.93. The lowest BCUT2D eigenvalue weighted by Crippen LogP contribution is -2.61. The number of hydrogen-bond acceptors (Lipinski definition) is 6. The molecule has 8 nitrogen and oxygen atoms in total. The van der Waals surface area contributed by atoms with Gasteiger partial charge in [0.25, 0.3) is 10.0 Å². The maximum absolute atomic E-state index is 13.8. The molecule has 3 heterocycles. The van der Waals surface area contributed by atoms with Crippen LogP contribution in [-0.2, 0) is 26.2 Å². The van der Waals surface area contributed by atoms with Crippen LogP contribution >= 0.6 is 15.9 Å². The number of nitrogens with one attached hydrogen (secondary N) is 1. The van der Waals surface area contributed by atoms with E-state index >= 15 is 0 Å². The molecule has 1 N–H and O–H groups in total. The second-order valence-corrected chi connectivity index (χ2v) is 11.8. The Hall–Kier alpha value is -2.66. The lowest BCUT2D eigenvalue weighted by Gasteiger charge is -2.45. The van der Waals surface area contributed by atoms with Crippen LogP contribution in [0, 0.1) is 29.5 Å². The summed E-state index contributed by atoms with van der Waals surface area (Å²) in [5, 5.41) is 2.85. The number of benzene rings is 1. The zero-order chi connectivity index (χ0) is 23.8. The number of piperidine rings is 1. The predicted octanol–water partition coefficient (Wildman–Crippen LogP) is 3.14. The molecule has 3 fully saturated rings. The van der Waals surface area contributed by atoms with Crippen LogP contribution in [0.2, 0.25) is 0 Å². The van der Waals surface area contributed by atoms with E-state index in [-0.39, 0.29) is 58.5 Å². The van der Waals surface area contributed by atoms with Gasteiger partial charge in [-0.3, -0.25) is 9.59 Å². The van der Waals surface area contributed by atoms with Crippen molar-refractivity contribution in [3.8, 4) is 0 Å². The van der Waals surface area contributed by atoms with Crippen molar-refractivity contribution in [1.29, 1.82) is 0 Å². The summed E-state index contributed by atoms with van der Waals surface area (Å²) in [7, 11) is -4.16. The number of hydrogen-bond donors (Lipinski definition) is 1. The van der Waals surface area contributed by atoms with Crippen LogP contribution in [0.5, 0.6) is 0 Å². The summed E-state index contributed by atoms with van der Waals surface area (Å²) in [6.45, 7) is 0.217. The lowest BCUT2D eigenvalue weighted by molar-refractivity contribution is -0.153. The van der Waals surface area contributed by atoms with Crippen molar-refractivity contribution in [1.82, 2.24) is 9.88 Å². The minimum absolute atomic E-state index is 0.0361. The van der Waals surface area contributed by atoms with Crippen LogP contribution in [0.15, 0.2) is 50.3 Å². The quantitative estimate of drug-likeness (QED) is 0.592. The highest BCUT2D eigenvalue weighted by atomic mass is 79.9. The van der Waals surface area contributed by atoms with Gasteiger partial charge in [0.2, 0.25) is 5.91 Å². The molecule has 0 radical (unpaired) electrons. The third-order valence-corrected chi connectivity index (χ3v) is 9.22. The molecule has 1 saturated heterocycles. The zero-order valence-electron chi connectivity index (χ0n) is 17.8. The first kappa shape index (κ1) is 21.8. The van der Waals surface area contributed by atoms with E-state index in [1.54, 1.807) is 17.0 Å². The SMILES string of the molecule is O=C1C(C2=NS(=O)(=O)c3cc(Br)cnc3N2)C(=O)N(Cc2ccc(F)cc2)C2C3CCC(C3)C12. The Morgan fingerprint density at radius 1 is 1.15 bits per heavy atom. The largest absolute Gasteiger partial charge is 0.333 e. The first-order valence-corrected chi connectivity index (χ1v) is 13.3. The summed E-state index contributed by atoms with van der Waals surface area (Å²) in [4.78, 5) is 33.2. The molecule has 2 bridgehead atoms. The first-order chi connectivity index (χ1) is 16.2. The van der Waals surface area contributed by atoms with Gasteiger partial charge in [0.05, 0.1) is 0 Å². The molecule has 6 rings (SSSR count). The van der Waals surface area contributed by atoms with Crippen LogP contribution in [0.3, 0.4) is 0 Å². The molecule has 176 valence electrons.